The Morgan fingerprint density at radius 3 is 2.69 bits per heavy atom. The minimum atomic E-state index is -3.40. The summed E-state index contributed by atoms with van der Waals surface area (Å²) in [6, 6.07) is 6.47. The molecule has 1 atom stereocenters. The van der Waals surface area contributed by atoms with Crippen molar-refractivity contribution in [1.82, 2.24) is 15.0 Å². The molecular formula is C21H23N5O4S2. The van der Waals surface area contributed by atoms with Crippen LogP contribution in [0.4, 0.5) is 5.13 Å². The smallest absolute Gasteiger partial charge is 0.237 e. The van der Waals surface area contributed by atoms with Gasteiger partial charge < -0.3 is 10.5 Å². The van der Waals surface area contributed by atoms with E-state index in [0.717, 1.165) is 22.5 Å². The third-order valence-electron chi connectivity index (χ3n) is 4.91. The monoisotopic (exact) mass is 473 g/mol. The molecule has 0 aliphatic heterocycles. The summed E-state index contributed by atoms with van der Waals surface area (Å²) in [6.45, 7) is 2.39. The number of nitrogens with two attached hydrogens (primary N) is 1. The van der Waals surface area contributed by atoms with E-state index in [9.17, 15) is 13.2 Å². The number of ether oxygens (including phenoxy) is 1. The normalized spacial score (nSPS) is 14.7. The zero-order valence-electron chi connectivity index (χ0n) is 17.4. The number of thiazole rings is 1. The van der Waals surface area contributed by atoms with E-state index in [1.165, 1.54) is 0 Å². The molecule has 32 heavy (non-hydrogen) atoms. The summed E-state index contributed by atoms with van der Waals surface area (Å²) in [4.78, 5) is 25.4. The zero-order chi connectivity index (χ0) is 22.7. The molecule has 4 rings (SSSR count). The van der Waals surface area contributed by atoms with Crippen LogP contribution in [0.1, 0.15) is 37.1 Å². The lowest BCUT2D eigenvalue weighted by Gasteiger charge is -2.09. The molecule has 1 saturated carbocycles. The first-order valence-corrected chi connectivity index (χ1v) is 12.6. The number of rotatable bonds is 10. The number of aromatic nitrogens is 3. The van der Waals surface area contributed by atoms with E-state index in [4.69, 9.17) is 10.5 Å². The standard InChI is InChI=1S/C21H23N5O4S2/c1-2-30-19-11-23-10-16(24-19)14-5-3-13(4-6-14)9-18(27)20(22)17-12-31-21(25-17)26-32(28,29)15-7-8-15/h3-6,10-12,15,20H,2,7-9,22H2,1H3,(H,25,26). The lowest BCUT2D eigenvalue weighted by molar-refractivity contribution is -0.119. The maximum Gasteiger partial charge on any atom is 0.237 e. The van der Waals surface area contributed by atoms with Crippen molar-refractivity contribution in [3.63, 3.8) is 0 Å². The Kier molecular flexibility index (Phi) is 6.49. The molecule has 1 unspecified atom stereocenters. The van der Waals surface area contributed by atoms with E-state index in [0.29, 0.717) is 36.7 Å². The minimum Gasteiger partial charge on any atom is -0.477 e. The van der Waals surface area contributed by atoms with Crippen molar-refractivity contribution in [3.05, 3.63) is 53.3 Å². The maximum atomic E-state index is 12.7. The van der Waals surface area contributed by atoms with Gasteiger partial charge in [0.2, 0.25) is 15.9 Å². The fraction of sp³-hybridized carbons (Fsp3) is 0.333. The van der Waals surface area contributed by atoms with Crippen molar-refractivity contribution >= 4 is 32.3 Å². The largest absolute Gasteiger partial charge is 0.477 e. The Labute approximate surface area is 190 Å². The molecule has 1 aromatic carbocycles. The second-order valence-corrected chi connectivity index (χ2v) is 10.2. The van der Waals surface area contributed by atoms with Gasteiger partial charge in [0, 0.05) is 17.4 Å². The lowest BCUT2D eigenvalue weighted by Crippen LogP contribution is -2.23. The van der Waals surface area contributed by atoms with Gasteiger partial charge in [0.1, 0.15) is 6.04 Å². The van der Waals surface area contributed by atoms with Gasteiger partial charge in [-0.05, 0) is 25.3 Å². The molecule has 2 heterocycles. The number of hydrogen-bond acceptors (Lipinski definition) is 9. The Hall–Kier alpha value is -2.89. The average Bonchev–Trinajstić information content (AvgIpc) is 3.55. The number of benzene rings is 1. The molecule has 1 aliphatic carbocycles. The van der Waals surface area contributed by atoms with E-state index < -0.39 is 16.1 Å². The predicted molar refractivity (Wildman–Crippen MR) is 122 cm³/mol. The molecule has 1 aliphatic rings. The summed E-state index contributed by atoms with van der Waals surface area (Å²) in [7, 11) is -3.40. The molecule has 0 amide bonds. The number of carbonyl (C=O) groups is 1. The van der Waals surface area contributed by atoms with Crippen LogP contribution in [0.3, 0.4) is 0 Å². The number of anilines is 1. The second-order valence-electron chi connectivity index (χ2n) is 7.42. The summed E-state index contributed by atoms with van der Waals surface area (Å²) in [5.41, 5.74) is 8.77. The van der Waals surface area contributed by atoms with Gasteiger partial charge in [-0.25, -0.2) is 18.4 Å². The molecule has 2 aromatic heterocycles. The first-order chi connectivity index (χ1) is 15.4. The molecule has 3 aromatic rings. The number of carbonyl (C=O) groups excluding carboxylic acids is 1. The van der Waals surface area contributed by atoms with Gasteiger partial charge in [-0.3, -0.25) is 14.5 Å². The highest BCUT2D eigenvalue weighted by molar-refractivity contribution is 7.93. The van der Waals surface area contributed by atoms with Crippen molar-refractivity contribution in [2.24, 2.45) is 5.73 Å². The highest BCUT2D eigenvalue weighted by Gasteiger charge is 2.36. The topological polar surface area (TPSA) is 137 Å². The quantitative estimate of drug-likeness (QED) is 0.458. The molecule has 9 nitrogen and oxygen atoms in total. The Balaban J connectivity index is 1.39. The van der Waals surface area contributed by atoms with Crippen LogP contribution in [-0.4, -0.2) is 41.0 Å². The summed E-state index contributed by atoms with van der Waals surface area (Å²) < 4.78 is 31.9. The molecule has 168 valence electrons. The third kappa shape index (κ3) is 5.29. The SMILES string of the molecule is CCOc1cncc(-c2ccc(CC(=O)C(N)c3csc(NS(=O)(=O)C4CC4)n3)cc2)n1. The Morgan fingerprint density at radius 1 is 1.25 bits per heavy atom. The number of ketones is 1. The van der Waals surface area contributed by atoms with Crippen molar-refractivity contribution in [2.45, 2.75) is 37.5 Å². The fourth-order valence-corrected chi connectivity index (χ4v) is 5.38. The van der Waals surface area contributed by atoms with Crippen LogP contribution >= 0.6 is 11.3 Å². The maximum absolute atomic E-state index is 12.7. The van der Waals surface area contributed by atoms with Gasteiger partial charge in [-0.1, -0.05) is 24.3 Å². The highest BCUT2D eigenvalue weighted by Crippen LogP contribution is 2.31. The van der Waals surface area contributed by atoms with Crippen molar-refractivity contribution in [3.8, 4) is 17.1 Å². The van der Waals surface area contributed by atoms with Gasteiger partial charge in [-0.2, -0.15) is 0 Å². The van der Waals surface area contributed by atoms with Crippen LogP contribution < -0.4 is 15.2 Å². The Bertz CT molecular complexity index is 1210. The number of nitrogens with one attached hydrogen (secondary N) is 1. The van der Waals surface area contributed by atoms with Gasteiger partial charge >= 0.3 is 0 Å². The van der Waals surface area contributed by atoms with Crippen molar-refractivity contribution in [1.29, 1.82) is 0 Å². The van der Waals surface area contributed by atoms with E-state index >= 15 is 0 Å². The van der Waals surface area contributed by atoms with Crippen LogP contribution in [0, 0.1) is 0 Å². The van der Waals surface area contributed by atoms with Crippen LogP contribution in [0.25, 0.3) is 11.3 Å². The van der Waals surface area contributed by atoms with E-state index in [1.54, 1.807) is 17.8 Å². The summed E-state index contributed by atoms with van der Waals surface area (Å²) in [5, 5.41) is 1.50. The molecule has 1 fully saturated rings. The van der Waals surface area contributed by atoms with E-state index in [-0.39, 0.29) is 22.6 Å². The summed E-state index contributed by atoms with van der Waals surface area (Å²) in [6.07, 6.45) is 4.66. The first-order valence-electron chi connectivity index (χ1n) is 10.1. The molecule has 3 N–H and O–H groups in total. The molecule has 0 radical (unpaired) electrons. The molecule has 0 bridgehead atoms. The summed E-state index contributed by atoms with van der Waals surface area (Å²) in [5.74, 6) is 0.245. The molecule has 0 saturated heterocycles. The molecule has 11 heteroatoms. The Morgan fingerprint density at radius 2 is 2.00 bits per heavy atom. The van der Waals surface area contributed by atoms with Gasteiger partial charge in [-0.15, -0.1) is 11.3 Å². The number of Topliss-reactive ketones (excluding diaryl/α,β-unsaturated/α-hetero) is 1. The van der Waals surface area contributed by atoms with E-state index in [1.807, 2.05) is 31.2 Å². The molecule has 0 spiro atoms. The average molecular weight is 474 g/mol. The van der Waals surface area contributed by atoms with Gasteiger partial charge in [0.05, 0.1) is 35.6 Å². The van der Waals surface area contributed by atoms with Crippen LogP contribution in [0.15, 0.2) is 42.0 Å². The molecular weight excluding hydrogens is 450 g/mol. The van der Waals surface area contributed by atoms with Crippen LogP contribution in [0.5, 0.6) is 5.88 Å². The fourth-order valence-electron chi connectivity index (χ4n) is 3.03. The lowest BCUT2D eigenvalue weighted by atomic mass is 10.0. The van der Waals surface area contributed by atoms with Crippen molar-refractivity contribution < 1.29 is 17.9 Å². The number of hydrogen-bond donors (Lipinski definition) is 2. The van der Waals surface area contributed by atoms with Crippen LogP contribution in [-0.2, 0) is 21.2 Å². The minimum absolute atomic E-state index is 0.132. The summed E-state index contributed by atoms with van der Waals surface area (Å²) >= 11 is 1.12. The second kappa shape index (κ2) is 9.31. The van der Waals surface area contributed by atoms with Crippen LogP contribution in [0.2, 0.25) is 0 Å². The van der Waals surface area contributed by atoms with Crippen molar-refractivity contribution in [2.75, 3.05) is 11.3 Å². The van der Waals surface area contributed by atoms with Gasteiger partial charge in [0.15, 0.2) is 10.9 Å². The highest BCUT2D eigenvalue weighted by atomic mass is 32.2. The predicted octanol–water partition coefficient (Wildman–Crippen LogP) is 2.71. The number of sulfonamides is 1. The van der Waals surface area contributed by atoms with Gasteiger partial charge in [0.25, 0.3) is 0 Å². The first kappa shape index (κ1) is 22.3. The third-order valence-corrected chi connectivity index (χ3v) is 7.65. The number of nitrogens with zero attached hydrogens (tertiary/aromatic N) is 3. The zero-order valence-corrected chi connectivity index (χ0v) is 19.0. The van der Waals surface area contributed by atoms with E-state index in [2.05, 4.69) is 19.7 Å².